The van der Waals surface area contributed by atoms with Crippen molar-refractivity contribution in [2.24, 2.45) is 0 Å². The van der Waals surface area contributed by atoms with Crippen LogP contribution in [0, 0.1) is 48.5 Å². The van der Waals surface area contributed by atoms with Crippen LogP contribution >= 0.6 is 0 Å². The summed E-state index contributed by atoms with van der Waals surface area (Å²) >= 11 is 0. The lowest BCUT2D eigenvalue weighted by atomic mass is 9.67. The summed E-state index contributed by atoms with van der Waals surface area (Å²) in [5, 5.41) is 16.0. The first-order chi connectivity index (χ1) is 73.3. The number of aryl methyl sites for hydroxylation is 7. The summed E-state index contributed by atoms with van der Waals surface area (Å²) < 4.78 is 0. The number of rotatable bonds is 8. The zero-order valence-electron chi connectivity index (χ0n) is 85.3. The molecule has 712 valence electrons. The lowest BCUT2D eigenvalue weighted by Gasteiger charge is -2.34. The Morgan fingerprint density at radius 2 is 0.389 bits per heavy atom. The highest BCUT2D eigenvalue weighted by molar-refractivity contribution is 6.10. The summed E-state index contributed by atoms with van der Waals surface area (Å²) in [4.78, 5) is 0. The zero-order valence-corrected chi connectivity index (χ0v) is 85.3. The van der Waals surface area contributed by atoms with E-state index in [1.54, 1.807) is 0 Å². The second-order valence-corrected chi connectivity index (χ2v) is 40.2. The molecule has 0 atom stereocenters. The molecule has 0 amide bonds. The Morgan fingerprint density at radius 3 is 0.893 bits per heavy atom. The minimum atomic E-state index is -0.264. The Kier molecular flexibility index (Phi) is 26.0. The Labute approximate surface area is 877 Å². The molecule has 0 nitrogen and oxygen atoms in total. The van der Waals surface area contributed by atoms with Crippen molar-refractivity contribution < 1.29 is 0 Å². The zero-order chi connectivity index (χ0) is 101. The molecule has 0 unspecified atom stereocenters. The van der Waals surface area contributed by atoms with Crippen LogP contribution in [0.25, 0.3) is 109 Å². The number of hydrogen-bond donors (Lipinski definition) is 0. The molecule has 4 aliphatic carbocycles. The molecule has 0 heterocycles. The number of benzene rings is 25. The molecule has 0 N–H and O–H groups in total. The van der Waals surface area contributed by atoms with E-state index in [1.165, 1.54) is 237 Å². The van der Waals surface area contributed by atoms with Crippen molar-refractivity contribution in [3.8, 4) is 44.5 Å². The van der Waals surface area contributed by atoms with Crippen LogP contribution in [0.3, 0.4) is 0 Å². The highest BCUT2D eigenvalue weighted by Gasteiger charge is 2.51. The van der Waals surface area contributed by atoms with Gasteiger partial charge in [0, 0.05) is 0 Å². The van der Waals surface area contributed by atoms with Crippen molar-refractivity contribution >= 4 is 64.6 Å². The quantitative estimate of drug-likeness (QED) is 0.133. The van der Waals surface area contributed by atoms with Gasteiger partial charge in [-0.3, -0.25) is 0 Å². The summed E-state index contributed by atoms with van der Waals surface area (Å²) in [5.41, 5.74) is 40.7. The summed E-state index contributed by atoms with van der Waals surface area (Å²) in [6.07, 6.45) is 0. The first-order valence-corrected chi connectivity index (χ1v) is 52.2. The number of hydrogen-bond acceptors (Lipinski definition) is 0. The van der Waals surface area contributed by atoms with E-state index >= 15 is 0 Å². The van der Waals surface area contributed by atoms with Crippen LogP contribution in [0.2, 0.25) is 0 Å². The molecule has 0 aromatic heterocycles. The van der Waals surface area contributed by atoms with Gasteiger partial charge in [0.2, 0.25) is 0 Å². The predicted molar refractivity (Wildman–Crippen MR) is 633 cm³/mol. The molecule has 4 aliphatic rings. The summed E-state index contributed by atoms with van der Waals surface area (Å²) in [6, 6.07) is 209. The van der Waals surface area contributed by atoms with Gasteiger partial charge in [0.1, 0.15) is 0 Å². The molecule has 25 aromatic carbocycles. The maximum atomic E-state index is 2.37. The first kappa shape index (κ1) is 94.6. The van der Waals surface area contributed by atoms with Crippen LogP contribution in [-0.2, 0) is 21.7 Å². The first-order valence-electron chi connectivity index (χ1n) is 52.2. The fourth-order valence-electron chi connectivity index (χ4n) is 25.0. The molecule has 0 radical (unpaired) electrons. The SMILES string of the molecule is Cc1ccc2c(c1)-c1ccccc1C2(c1ccccc1)c1ccccc1.Cc1ccc2c(c1)C(c1ccccc1)(c1ccccc1)c1ccccc1-2.Cc1ccc2c(ccc3ccccc32)c1.Cc1ccc2ccc3ccccc3c2c1.Cc1cccc2c1-c1ccccc1C2(c1ccccc1)c1ccccc1.Cc1cccc2c1C(c1ccccc1)(c1ccccc1)c1ccccc1-2.Cc1cccc2c1ccc1ccccc12. The van der Waals surface area contributed by atoms with Crippen LogP contribution in [0.15, 0.2) is 576 Å². The lowest BCUT2D eigenvalue weighted by molar-refractivity contribution is 0.762. The van der Waals surface area contributed by atoms with Crippen molar-refractivity contribution in [1.82, 2.24) is 0 Å². The molecule has 25 aromatic rings. The summed E-state index contributed by atoms with van der Waals surface area (Å²) in [7, 11) is 0. The van der Waals surface area contributed by atoms with Crippen LogP contribution < -0.4 is 0 Å². The molecule has 0 bridgehead atoms. The van der Waals surface area contributed by atoms with Gasteiger partial charge in [0.25, 0.3) is 0 Å². The van der Waals surface area contributed by atoms with E-state index in [9.17, 15) is 0 Å². The van der Waals surface area contributed by atoms with E-state index in [1.807, 2.05) is 0 Å². The van der Waals surface area contributed by atoms with E-state index in [2.05, 4.69) is 625 Å². The lowest BCUT2D eigenvalue weighted by Crippen LogP contribution is -2.29. The van der Waals surface area contributed by atoms with Crippen molar-refractivity contribution in [2.75, 3.05) is 0 Å². The molecular weight excluding hydrogens is 1790 g/mol. The van der Waals surface area contributed by atoms with Gasteiger partial charge in [-0.2, -0.15) is 0 Å². The van der Waals surface area contributed by atoms with Gasteiger partial charge < -0.3 is 0 Å². The molecule has 0 saturated carbocycles. The highest BCUT2D eigenvalue weighted by Crippen LogP contribution is 2.62. The van der Waals surface area contributed by atoms with Crippen molar-refractivity contribution in [1.29, 1.82) is 0 Å². The van der Waals surface area contributed by atoms with Crippen LogP contribution in [0.1, 0.15) is 128 Å². The Bertz CT molecular complexity index is 8890. The minimum Gasteiger partial charge on any atom is -0.0622 e. The molecular formula is C149H116. The summed E-state index contributed by atoms with van der Waals surface area (Å²) in [5.74, 6) is 0. The fourth-order valence-corrected chi connectivity index (χ4v) is 25.0. The Hall–Kier alpha value is -17.9. The van der Waals surface area contributed by atoms with Gasteiger partial charge in [-0.25, -0.2) is 0 Å². The van der Waals surface area contributed by atoms with Gasteiger partial charge in [-0.15, -0.1) is 0 Å². The summed E-state index contributed by atoms with van der Waals surface area (Å²) in [6.45, 7) is 15.3. The van der Waals surface area contributed by atoms with E-state index in [4.69, 9.17) is 0 Å². The smallest absolute Gasteiger partial charge is 0.0622 e. The monoisotopic (exact) mass is 1900 g/mol. The third-order valence-corrected chi connectivity index (χ3v) is 31.4. The predicted octanol–water partition coefficient (Wildman–Crippen LogP) is 38.3. The molecule has 0 aliphatic heterocycles. The average Bonchev–Trinajstić information content (AvgIpc) is 1.56. The van der Waals surface area contributed by atoms with Crippen molar-refractivity contribution in [2.45, 2.75) is 70.1 Å². The van der Waals surface area contributed by atoms with Gasteiger partial charge in [-0.1, -0.05) is 599 Å². The molecule has 149 heavy (non-hydrogen) atoms. The van der Waals surface area contributed by atoms with Crippen LogP contribution in [-0.4, -0.2) is 0 Å². The number of fused-ring (bicyclic) bond motifs is 21. The van der Waals surface area contributed by atoms with E-state index in [0.717, 1.165) is 0 Å². The van der Waals surface area contributed by atoms with Gasteiger partial charge in [0.05, 0.1) is 21.7 Å². The van der Waals surface area contributed by atoms with E-state index < -0.39 is 0 Å². The molecule has 0 heteroatoms. The average molecular weight is 1910 g/mol. The third-order valence-electron chi connectivity index (χ3n) is 31.4. The molecule has 0 saturated heterocycles. The highest BCUT2D eigenvalue weighted by atomic mass is 14.5. The van der Waals surface area contributed by atoms with Crippen molar-refractivity contribution in [3.63, 3.8) is 0 Å². The Morgan fingerprint density at radius 1 is 0.121 bits per heavy atom. The van der Waals surface area contributed by atoms with Crippen LogP contribution in [0.4, 0.5) is 0 Å². The van der Waals surface area contributed by atoms with Gasteiger partial charge in [-0.05, 0) is 263 Å². The van der Waals surface area contributed by atoms with Crippen LogP contribution in [0.5, 0.6) is 0 Å². The standard InChI is InChI=1S/4C26H20.3C15H12/c1-19-11-10-17-23-22-16-8-9-18-24(22)26(25(19)23,20-12-4-2-5-13-20)21-14-6-3-7-15-21;1-19-11-10-18-24-25(19)22-16-8-9-17-23(22)26(24,20-12-4-2-5-13-20)21-14-6-3-7-15-21;1-19-16-17-25-23(18-19)22-14-8-9-15-24(22)26(25,20-10-4-2-5-11-20)21-12-6-3-7-13-21;1-19-16-17-23-22-14-8-9-15-24(22)26(25(23)18-19,20-10-4-2-5-11-20)21-12-6-3-7-13-21;1-11-5-4-8-15-13(11)10-9-12-6-2-3-7-14(12)15;1-11-6-9-15-13(10-11)8-7-12-4-2-3-5-14(12)15;1-11-6-7-13-9-8-12-4-2-3-5-14(12)15(13)10-11/h4*2-18H,1H3;3*2-10H,1H3. The fraction of sp³-hybridized carbons (Fsp3) is 0.0738. The van der Waals surface area contributed by atoms with E-state index in [0.29, 0.717) is 0 Å². The third kappa shape index (κ3) is 16.8. The normalized spacial score (nSPS) is 13.0. The second-order valence-electron chi connectivity index (χ2n) is 40.2. The molecule has 0 fully saturated rings. The van der Waals surface area contributed by atoms with Crippen molar-refractivity contribution in [3.05, 3.63) is 704 Å². The molecule has 0 spiro atoms. The minimum absolute atomic E-state index is 0.262. The van der Waals surface area contributed by atoms with Gasteiger partial charge >= 0.3 is 0 Å². The maximum absolute atomic E-state index is 2.37. The van der Waals surface area contributed by atoms with E-state index in [-0.39, 0.29) is 21.7 Å². The second kappa shape index (κ2) is 40.9. The topological polar surface area (TPSA) is 0 Å². The maximum Gasteiger partial charge on any atom is 0.0716 e. The Balaban J connectivity index is 0.0000000966. The van der Waals surface area contributed by atoms with Gasteiger partial charge in [0.15, 0.2) is 0 Å². The largest absolute Gasteiger partial charge is 0.0716 e. The molecule has 29 rings (SSSR count).